The highest BCUT2D eigenvalue weighted by Crippen LogP contribution is 2.40. The van der Waals surface area contributed by atoms with Crippen molar-refractivity contribution >= 4 is 17.7 Å². The van der Waals surface area contributed by atoms with Crippen molar-refractivity contribution in [2.45, 2.75) is 13.0 Å². The van der Waals surface area contributed by atoms with Crippen LogP contribution in [0.1, 0.15) is 22.5 Å². The molecule has 2 aromatic rings. The van der Waals surface area contributed by atoms with Gasteiger partial charge in [0.1, 0.15) is 0 Å². The maximum atomic E-state index is 12.7. The lowest BCUT2D eigenvalue weighted by Crippen LogP contribution is -2.51. The van der Waals surface area contributed by atoms with E-state index >= 15 is 0 Å². The standard InChI is InChI=1S/C20H22N4O4/c25-18(22-13-14-3-1-5-21-12-14)15-11-16(15)19(26)23-6-8-24(9-7-23)20(27)17-4-2-10-28-17/h1-5,10,12,15-16H,6-9,11,13H2,(H,22,25). The molecule has 0 aromatic carbocycles. The van der Waals surface area contributed by atoms with Gasteiger partial charge in [0.15, 0.2) is 5.76 Å². The van der Waals surface area contributed by atoms with E-state index in [9.17, 15) is 14.4 Å². The molecule has 2 fully saturated rings. The summed E-state index contributed by atoms with van der Waals surface area (Å²) in [6.45, 7) is 2.31. The predicted molar refractivity (Wildman–Crippen MR) is 98.9 cm³/mol. The van der Waals surface area contributed by atoms with E-state index in [1.807, 2.05) is 12.1 Å². The number of amides is 3. The molecule has 1 saturated carbocycles. The number of hydrogen-bond donors (Lipinski definition) is 1. The molecule has 1 saturated heterocycles. The van der Waals surface area contributed by atoms with Crippen LogP contribution in [0.25, 0.3) is 0 Å². The molecule has 8 nitrogen and oxygen atoms in total. The number of furan rings is 1. The second-order valence-corrected chi connectivity index (χ2v) is 7.12. The smallest absolute Gasteiger partial charge is 0.289 e. The van der Waals surface area contributed by atoms with Gasteiger partial charge >= 0.3 is 0 Å². The lowest BCUT2D eigenvalue weighted by Gasteiger charge is -2.34. The van der Waals surface area contributed by atoms with Crippen molar-refractivity contribution in [2.75, 3.05) is 26.2 Å². The number of hydrogen-bond acceptors (Lipinski definition) is 5. The summed E-state index contributed by atoms with van der Waals surface area (Å²) in [6, 6.07) is 7.03. The van der Waals surface area contributed by atoms with Gasteiger partial charge in [-0.2, -0.15) is 0 Å². The van der Waals surface area contributed by atoms with Crippen LogP contribution in [0.3, 0.4) is 0 Å². The number of carbonyl (C=O) groups is 3. The molecular weight excluding hydrogens is 360 g/mol. The molecule has 2 aromatic heterocycles. The average Bonchev–Trinajstić information content (AvgIpc) is 3.36. The number of pyridine rings is 1. The number of carbonyl (C=O) groups excluding carboxylic acids is 3. The molecule has 8 heteroatoms. The molecule has 2 unspecified atom stereocenters. The van der Waals surface area contributed by atoms with Crippen molar-refractivity contribution in [1.29, 1.82) is 0 Å². The summed E-state index contributed by atoms with van der Waals surface area (Å²) in [5.74, 6) is -0.433. The monoisotopic (exact) mass is 382 g/mol. The van der Waals surface area contributed by atoms with Crippen LogP contribution in [0.5, 0.6) is 0 Å². The van der Waals surface area contributed by atoms with Gasteiger partial charge in [-0.1, -0.05) is 6.07 Å². The minimum Gasteiger partial charge on any atom is -0.459 e. The van der Waals surface area contributed by atoms with E-state index in [2.05, 4.69) is 10.3 Å². The summed E-state index contributed by atoms with van der Waals surface area (Å²) in [5.41, 5.74) is 0.928. The summed E-state index contributed by atoms with van der Waals surface area (Å²) in [7, 11) is 0. The van der Waals surface area contributed by atoms with Gasteiger partial charge in [0.2, 0.25) is 11.8 Å². The SMILES string of the molecule is O=C(NCc1cccnc1)C1CC1C(=O)N1CCN(C(=O)c2ccco2)CC1. The fraction of sp³-hybridized carbons (Fsp3) is 0.400. The van der Waals surface area contributed by atoms with Crippen molar-refractivity contribution < 1.29 is 18.8 Å². The van der Waals surface area contributed by atoms with Crippen LogP contribution >= 0.6 is 0 Å². The molecule has 0 spiro atoms. The minimum absolute atomic E-state index is 0.00613. The van der Waals surface area contributed by atoms with E-state index in [0.717, 1.165) is 5.56 Å². The van der Waals surface area contributed by atoms with Crippen LogP contribution < -0.4 is 5.32 Å². The molecule has 28 heavy (non-hydrogen) atoms. The van der Waals surface area contributed by atoms with Crippen LogP contribution in [-0.4, -0.2) is 58.7 Å². The predicted octanol–water partition coefficient (Wildman–Crippen LogP) is 0.911. The first-order valence-electron chi connectivity index (χ1n) is 9.41. The third kappa shape index (κ3) is 3.90. The van der Waals surface area contributed by atoms with E-state index in [-0.39, 0.29) is 29.6 Å². The quantitative estimate of drug-likeness (QED) is 0.829. The fourth-order valence-electron chi connectivity index (χ4n) is 3.50. The van der Waals surface area contributed by atoms with E-state index in [4.69, 9.17) is 4.42 Å². The molecule has 1 N–H and O–H groups in total. The Morgan fingerprint density at radius 1 is 1.07 bits per heavy atom. The Kier molecular flexibility index (Phi) is 5.10. The molecule has 2 atom stereocenters. The van der Waals surface area contributed by atoms with E-state index in [0.29, 0.717) is 44.9 Å². The zero-order chi connectivity index (χ0) is 19.5. The Labute approximate surface area is 162 Å². The highest BCUT2D eigenvalue weighted by Gasteiger charge is 2.49. The molecule has 0 bridgehead atoms. The molecule has 0 radical (unpaired) electrons. The van der Waals surface area contributed by atoms with Gasteiger partial charge in [-0.15, -0.1) is 0 Å². The lowest BCUT2D eigenvalue weighted by molar-refractivity contribution is -0.136. The average molecular weight is 382 g/mol. The van der Waals surface area contributed by atoms with Crippen molar-refractivity contribution in [3.05, 3.63) is 54.2 Å². The summed E-state index contributed by atoms with van der Waals surface area (Å²) in [4.78, 5) is 44.7. The van der Waals surface area contributed by atoms with E-state index < -0.39 is 0 Å². The zero-order valence-electron chi connectivity index (χ0n) is 15.4. The largest absolute Gasteiger partial charge is 0.459 e. The molecule has 4 rings (SSSR count). The van der Waals surface area contributed by atoms with Gasteiger partial charge in [0.05, 0.1) is 18.1 Å². The Balaban J connectivity index is 1.23. The first-order valence-corrected chi connectivity index (χ1v) is 9.41. The number of rotatable bonds is 5. The zero-order valence-corrected chi connectivity index (χ0v) is 15.4. The van der Waals surface area contributed by atoms with Crippen LogP contribution in [-0.2, 0) is 16.1 Å². The van der Waals surface area contributed by atoms with Crippen molar-refractivity contribution in [3.8, 4) is 0 Å². The van der Waals surface area contributed by atoms with Crippen molar-refractivity contribution in [2.24, 2.45) is 11.8 Å². The Morgan fingerprint density at radius 2 is 1.86 bits per heavy atom. The summed E-state index contributed by atoms with van der Waals surface area (Å²) >= 11 is 0. The maximum absolute atomic E-state index is 12.7. The highest BCUT2D eigenvalue weighted by atomic mass is 16.3. The Bertz CT molecular complexity index is 844. The highest BCUT2D eigenvalue weighted by molar-refractivity contribution is 5.93. The molecule has 2 aliphatic rings. The topological polar surface area (TPSA) is 95.8 Å². The van der Waals surface area contributed by atoms with Gasteiger partial charge in [-0.3, -0.25) is 19.4 Å². The lowest BCUT2D eigenvalue weighted by atomic mass is 10.2. The molecule has 3 amide bonds. The third-order valence-corrected chi connectivity index (χ3v) is 5.24. The third-order valence-electron chi connectivity index (χ3n) is 5.24. The van der Waals surface area contributed by atoms with Gasteiger partial charge in [-0.25, -0.2) is 0 Å². The van der Waals surface area contributed by atoms with Gasteiger partial charge < -0.3 is 19.5 Å². The second-order valence-electron chi connectivity index (χ2n) is 7.12. The minimum atomic E-state index is -0.257. The number of aromatic nitrogens is 1. The maximum Gasteiger partial charge on any atom is 0.289 e. The van der Waals surface area contributed by atoms with Crippen LogP contribution in [0.2, 0.25) is 0 Å². The molecule has 1 aliphatic heterocycles. The first-order chi connectivity index (χ1) is 13.6. The fourth-order valence-corrected chi connectivity index (χ4v) is 3.50. The summed E-state index contributed by atoms with van der Waals surface area (Å²) in [6.07, 6.45) is 5.45. The second kappa shape index (κ2) is 7.84. The van der Waals surface area contributed by atoms with Gasteiger partial charge in [0, 0.05) is 45.1 Å². The Hall–Kier alpha value is -3.16. The number of nitrogens with zero attached hydrogens (tertiary/aromatic N) is 3. The molecule has 1 aliphatic carbocycles. The molecular formula is C20H22N4O4. The first kappa shape index (κ1) is 18.2. The van der Waals surface area contributed by atoms with Gasteiger partial charge in [-0.05, 0) is 30.2 Å². The summed E-state index contributed by atoms with van der Waals surface area (Å²) < 4.78 is 5.15. The normalized spacial score (nSPS) is 21.3. The van der Waals surface area contributed by atoms with Crippen molar-refractivity contribution in [1.82, 2.24) is 20.1 Å². The number of nitrogens with one attached hydrogen (secondary N) is 1. The van der Waals surface area contributed by atoms with Crippen LogP contribution in [0.4, 0.5) is 0 Å². The molecule has 3 heterocycles. The molecule has 146 valence electrons. The Morgan fingerprint density at radius 3 is 2.54 bits per heavy atom. The van der Waals surface area contributed by atoms with Crippen molar-refractivity contribution in [3.63, 3.8) is 0 Å². The van der Waals surface area contributed by atoms with E-state index in [1.54, 1.807) is 34.3 Å². The van der Waals surface area contributed by atoms with E-state index in [1.165, 1.54) is 6.26 Å². The number of piperazine rings is 1. The van der Waals surface area contributed by atoms with Crippen LogP contribution in [0.15, 0.2) is 47.3 Å². The van der Waals surface area contributed by atoms with Crippen LogP contribution in [0, 0.1) is 11.8 Å². The summed E-state index contributed by atoms with van der Waals surface area (Å²) in [5, 5.41) is 2.87. The van der Waals surface area contributed by atoms with Gasteiger partial charge in [0.25, 0.3) is 5.91 Å².